The van der Waals surface area contributed by atoms with Crippen molar-refractivity contribution in [1.82, 2.24) is 20.8 Å². The molecule has 2 rings (SSSR count). The van der Waals surface area contributed by atoms with E-state index in [-0.39, 0.29) is 24.0 Å². The van der Waals surface area contributed by atoms with E-state index in [9.17, 15) is 0 Å². The standard InChI is InChI=1S/C15H27N5O.HI/c1-3-4-10-16-15(19-13-7-5-6-8-13)17-11-9-14-18-12(2)20-21-14;/h13H,3-11H2,1-2H3,(H2,16,17,19);1H. The van der Waals surface area contributed by atoms with Crippen molar-refractivity contribution in [2.75, 3.05) is 13.1 Å². The van der Waals surface area contributed by atoms with Crippen LogP contribution < -0.4 is 10.6 Å². The molecule has 0 amide bonds. The van der Waals surface area contributed by atoms with Gasteiger partial charge in [-0.05, 0) is 26.2 Å². The summed E-state index contributed by atoms with van der Waals surface area (Å²) in [6, 6.07) is 0.573. The molecule has 0 saturated heterocycles. The van der Waals surface area contributed by atoms with Crippen molar-refractivity contribution in [3.8, 4) is 0 Å². The van der Waals surface area contributed by atoms with Gasteiger partial charge in [-0.1, -0.05) is 31.3 Å². The Labute approximate surface area is 149 Å². The van der Waals surface area contributed by atoms with Crippen LogP contribution in [0.5, 0.6) is 0 Å². The molecule has 0 spiro atoms. The molecule has 0 atom stereocenters. The van der Waals surface area contributed by atoms with Crippen molar-refractivity contribution in [2.24, 2.45) is 4.99 Å². The van der Waals surface area contributed by atoms with Crippen molar-refractivity contribution in [1.29, 1.82) is 0 Å². The summed E-state index contributed by atoms with van der Waals surface area (Å²) < 4.78 is 5.12. The molecule has 1 aliphatic carbocycles. The number of guanidine groups is 1. The minimum Gasteiger partial charge on any atom is -0.356 e. The van der Waals surface area contributed by atoms with Gasteiger partial charge in [0.25, 0.3) is 0 Å². The van der Waals surface area contributed by atoms with Crippen LogP contribution in [0.15, 0.2) is 9.52 Å². The number of unbranched alkanes of at least 4 members (excludes halogenated alkanes) is 1. The van der Waals surface area contributed by atoms with E-state index in [2.05, 4.69) is 32.7 Å². The van der Waals surface area contributed by atoms with Crippen molar-refractivity contribution in [3.63, 3.8) is 0 Å². The molecular formula is C15H28IN5O. The van der Waals surface area contributed by atoms with E-state index in [1.807, 2.05) is 6.92 Å². The van der Waals surface area contributed by atoms with Gasteiger partial charge in [0.15, 0.2) is 11.8 Å². The Hall–Kier alpha value is -0.860. The summed E-state index contributed by atoms with van der Waals surface area (Å²) in [5, 5.41) is 10.7. The fraction of sp³-hybridized carbons (Fsp3) is 0.800. The molecule has 22 heavy (non-hydrogen) atoms. The first-order valence-electron chi connectivity index (χ1n) is 8.12. The lowest BCUT2D eigenvalue weighted by Crippen LogP contribution is -2.43. The predicted molar refractivity (Wildman–Crippen MR) is 98.8 cm³/mol. The fourth-order valence-electron chi connectivity index (χ4n) is 2.49. The van der Waals surface area contributed by atoms with Crippen LogP contribution in [0.25, 0.3) is 0 Å². The van der Waals surface area contributed by atoms with E-state index < -0.39 is 0 Å². The van der Waals surface area contributed by atoms with Gasteiger partial charge < -0.3 is 15.2 Å². The highest BCUT2D eigenvalue weighted by Crippen LogP contribution is 2.17. The van der Waals surface area contributed by atoms with Gasteiger partial charge in [-0.25, -0.2) is 0 Å². The largest absolute Gasteiger partial charge is 0.356 e. The molecule has 0 radical (unpaired) electrons. The second-order valence-electron chi connectivity index (χ2n) is 5.62. The van der Waals surface area contributed by atoms with Gasteiger partial charge in [-0.15, -0.1) is 24.0 Å². The van der Waals surface area contributed by atoms with E-state index in [1.165, 1.54) is 32.1 Å². The Morgan fingerprint density at radius 3 is 2.77 bits per heavy atom. The summed E-state index contributed by atoms with van der Waals surface area (Å²) >= 11 is 0. The monoisotopic (exact) mass is 421 g/mol. The van der Waals surface area contributed by atoms with Crippen LogP contribution in [0, 0.1) is 6.92 Å². The van der Waals surface area contributed by atoms with Crippen LogP contribution in [-0.2, 0) is 6.42 Å². The summed E-state index contributed by atoms with van der Waals surface area (Å²) in [6.45, 7) is 5.65. The molecule has 1 aliphatic rings. The summed E-state index contributed by atoms with van der Waals surface area (Å²) in [5.41, 5.74) is 0. The number of rotatable bonds is 7. The first-order valence-corrected chi connectivity index (χ1v) is 8.12. The third kappa shape index (κ3) is 6.93. The molecule has 1 aromatic rings. The molecular weight excluding hydrogens is 393 g/mol. The molecule has 1 fully saturated rings. The first-order chi connectivity index (χ1) is 10.3. The number of hydrogen-bond donors (Lipinski definition) is 2. The number of nitrogens with zero attached hydrogens (tertiary/aromatic N) is 3. The van der Waals surface area contributed by atoms with Gasteiger partial charge in [0.2, 0.25) is 5.89 Å². The van der Waals surface area contributed by atoms with Crippen molar-refractivity contribution in [2.45, 2.75) is 64.8 Å². The zero-order valence-electron chi connectivity index (χ0n) is 13.6. The van der Waals surface area contributed by atoms with Gasteiger partial charge in [-0.2, -0.15) is 4.98 Å². The van der Waals surface area contributed by atoms with E-state index in [0.29, 0.717) is 17.8 Å². The highest BCUT2D eigenvalue weighted by atomic mass is 127. The van der Waals surface area contributed by atoms with Crippen LogP contribution >= 0.6 is 24.0 Å². The van der Waals surface area contributed by atoms with Crippen molar-refractivity contribution >= 4 is 29.9 Å². The lowest BCUT2D eigenvalue weighted by molar-refractivity contribution is 0.374. The molecule has 0 bridgehead atoms. The molecule has 2 N–H and O–H groups in total. The average molecular weight is 421 g/mol. The highest BCUT2D eigenvalue weighted by molar-refractivity contribution is 14.0. The maximum atomic E-state index is 5.12. The molecule has 0 unspecified atom stereocenters. The molecule has 1 aromatic heterocycles. The van der Waals surface area contributed by atoms with E-state index in [4.69, 9.17) is 4.52 Å². The van der Waals surface area contributed by atoms with E-state index >= 15 is 0 Å². The Balaban J connectivity index is 0.00000242. The Morgan fingerprint density at radius 1 is 1.36 bits per heavy atom. The van der Waals surface area contributed by atoms with Crippen LogP contribution in [-0.4, -0.2) is 35.2 Å². The van der Waals surface area contributed by atoms with Crippen LogP contribution in [0.3, 0.4) is 0 Å². The van der Waals surface area contributed by atoms with Crippen LogP contribution in [0.2, 0.25) is 0 Å². The number of nitrogens with one attached hydrogen (secondary N) is 2. The van der Waals surface area contributed by atoms with Crippen LogP contribution in [0.1, 0.15) is 57.2 Å². The number of halogens is 1. The second kappa shape index (κ2) is 10.8. The van der Waals surface area contributed by atoms with Crippen LogP contribution in [0.4, 0.5) is 0 Å². The summed E-state index contributed by atoms with van der Waals surface area (Å²) in [6.07, 6.45) is 8.15. The van der Waals surface area contributed by atoms with Gasteiger partial charge in [-0.3, -0.25) is 4.99 Å². The minimum absolute atomic E-state index is 0. The highest BCUT2D eigenvalue weighted by Gasteiger charge is 2.16. The SMILES string of the molecule is CCCCN=C(NCCc1nc(C)no1)NC1CCCC1.I. The van der Waals surface area contributed by atoms with E-state index in [0.717, 1.165) is 31.9 Å². The number of aromatic nitrogens is 2. The zero-order chi connectivity index (χ0) is 14.9. The molecule has 1 heterocycles. The lowest BCUT2D eigenvalue weighted by Gasteiger charge is -2.17. The summed E-state index contributed by atoms with van der Waals surface area (Å²) in [4.78, 5) is 8.85. The molecule has 1 saturated carbocycles. The molecule has 126 valence electrons. The summed E-state index contributed by atoms with van der Waals surface area (Å²) in [5.74, 6) is 2.28. The fourth-order valence-corrected chi connectivity index (χ4v) is 2.49. The minimum atomic E-state index is 0. The third-order valence-electron chi connectivity index (χ3n) is 3.68. The van der Waals surface area contributed by atoms with Gasteiger partial charge in [0.1, 0.15) is 0 Å². The van der Waals surface area contributed by atoms with Crippen molar-refractivity contribution < 1.29 is 4.52 Å². The maximum absolute atomic E-state index is 5.12. The molecule has 6 nitrogen and oxygen atoms in total. The molecule has 0 aliphatic heterocycles. The Morgan fingerprint density at radius 2 is 2.14 bits per heavy atom. The van der Waals surface area contributed by atoms with E-state index in [1.54, 1.807) is 0 Å². The topological polar surface area (TPSA) is 75.3 Å². The number of aryl methyl sites for hydroxylation is 1. The Bertz CT molecular complexity index is 443. The second-order valence-corrected chi connectivity index (χ2v) is 5.62. The molecule has 7 heteroatoms. The normalized spacial score (nSPS) is 15.6. The first kappa shape index (κ1) is 19.2. The third-order valence-corrected chi connectivity index (χ3v) is 3.68. The number of hydrogen-bond acceptors (Lipinski definition) is 4. The van der Waals surface area contributed by atoms with Gasteiger partial charge in [0, 0.05) is 25.6 Å². The predicted octanol–water partition coefficient (Wildman–Crippen LogP) is 2.82. The maximum Gasteiger partial charge on any atom is 0.228 e. The number of aliphatic imine (C=N–C) groups is 1. The lowest BCUT2D eigenvalue weighted by atomic mass is 10.2. The average Bonchev–Trinajstić information content (AvgIpc) is 3.11. The quantitative estimate of drug-likeness (QED) is 0.307. The van der Waals surface area contributed by atoms with Crippen molar-refractivity contribution in [3.05, 3.63) is 11.7 Å². The smallest absolute Gasteiger partial charge is 0.228 e. The van der Waals surface area contributed by atoms with Gasteiger partial charge in [0.05, 0.1) is 0 Å². The molecule has 0 aromatic carbocycles. The zero-order valence-corrected chi connectivity index (χ0v) is 15.9. The Kier molecular flexibility index (Phi) is 9.42. The summed E-state index contributed by atoms with van der Waals surface area (Å²) in [7, 11) is 0. The van der Waals surface area contributed by atoms with Gasteiger partial charge >= 0.3 is 0 Å².